The molecule has 0 N–H and O–H groups in total. The highest BCUT2D eigenvalue weighted by atomic mass is 16.2. The van der Waals surface area contributed by atoms with E-state index in [2.05, 4.69) is 12.2 Å². The van der Waals surface area contributed by atoms with Gasteiger partial charge < -0.3 is 0 Å². The van der Waals surface area contributed by atoms with Crippen molar-refractivity contribution in [3.8, 4) is 0 Å². The van der Waals surface area contributed by atoms with Gasteiger partial charge in [0, 0.05) is 11.8 Å². The smallest absolute Gasteiger partial charge is 0.202 e. The summed E-state index contributed by atoms with van der Waals surface area (Å²) in [5, 5.41) is 0. The van der Waals surface area contributed by atoms with Crippen LogP contribution in [0.4, 0.5) is 0 Å². The molecular formula is C14H14O2. The quantitative estimate of drug-likeness (QED) is 0.452. The molecule has 8 atom stereocenters. The minimum Gasteiger partial charge on any atom is -0.291 e. The van der Waals surface area contributed by atoms with Gasteiger partial charge >= 0.3 is 0 Å². The summed E-state index contributed by atoms with van der Waals surface area (Å²) in [6.07, 6.45) is 6.96. The number of carbonyl (C=O) groups excluding carboxylic acids is 2. The molecule has 8 bridgehead atoms. The molecule has 0 aromatic carbocycles. The predicted octanol–water partition coefficient (Wildman–Crippen LogP) is 1.46. The van der Waals surface area contributed by atoms with Crippen LogP contribution in [0.1, 0.15) is 12.8 Å². The zero-order valence-corrected chi connectivity index (χ0v) is 9.00. The van der Waals surface area contributed by atoms with Crippen LogP contribution in [0.3, 0.4) is 0 Å². The van der Waals surface area contributed by atoms with E-state index >= 15 is 0 Å². The van der Waals surface area contributed by atoms with Crippen LogP contribution in [0.15, 0.2) is 12.2 Å². The average molecular weight is 214 g/mol. The number of ketones is 2. The van der Waals surface area contributed by atoms with Gasteiger partial charge in [0.2, 0.25) is 11.6 Å². The molecule has 0 aromatic rings. The van der Waals surface area contributed by atoms with E-state index in [-0.39, 0.29) is 23.4 Å². The van der Waals surface area contributed by atoms with Crippen molar-refractivity contribution in [2.24, 2.45) is 47.3 Å². The lowest BCUT2D eigenvalue weighted by molar-refractivity contribution is -0.142. The molecule has 2 unspecified atom stereocenters. The van der Waals surface area contributed by atoms with E-state index in [4.69, 9.17) is 0 Å². The highest BCUT2D eigenvalue weighted by molar-refractivity contribution is 6.39. The number of rotatable bonds is 0. The van der Waals surface area contributed by atoms with Gasteiger partial charge in [0.15, 0.2) is 0 Å². The second-order valence-electron chi connectivity index (χ2n) is 6.38. The third-order valence-electron chi connectivity index (χ3n) is 6.31. The predicted molar refractivity (Wildman–Crippen MR) is 56.3 cm³/mol. The summed E-state index contributed by atoms with van der Waals surface area (Å²) in [7, 11) is 0. The normalized spacial score (nSPS) is 63.8. The molecule has 82 valence electrons. The van der Waals surface area contributed by atoms with Crippen LogP contribution in [-0.2, 0) is 9.59 Å². The lowest BCUT2D eigenvalue weighted by Crippen LogP contribution is -2.34. The molecule has 0 saturated heterocycles. The maximum absolute atomic E-state index is 12.2. The number of hydrogen-bond acceptors (Lipinski definition) is 2. The highest BCUT2D eigenvalue weighted by Crippen LogP contribution is 2.71. The summed E-state index contributed by atoms with van der Waals surface area (Å²) in [5.41, 5.74) is 0. The summed E-state index contributed by atoms with van der Waals surface area (Å²) in [5.74, 6) is 3.56. The van der Waals surface area contributed by atoms with Gasteiger partial charge in [0.05, 0.1) is 0 Å². The summed E-state index contributed by atoms with van der Waals surface area (Å²) in [6.45, 7) is 0. The first kappa shape index (κ1) is 8.21. The fourth-order valence-corrected chi connectivity index (χ4v) is 6.14. The molecule has 2 heteroatoms. The standard InChI is InChI=1S/C14H14O2/c15-13-11-5-1-2-6-9(5)10-7(11)3-4-8(10)12(6)14(13)16/h1-2,5-12H,3-4H2/t5-,6-,7-,8+,9?,10?,11-,12-/m0/s1. The maximum atomic E-state index is 12.2. The van der Waals surface area contributed by atoms with E-state index < -0.39 is 0 Å². The monoisotopic (exact) mass is 214 g/mol. The van der Waals surface area contributed by atoms with Crippen molar-refractivity contribution in [2.75, 3.05) is 0 Å². The molecule has 0 aromatic heterocycles. The summed E-state index contributed by atoms with van der Waals surface area (Å²) < 4.78 is 0. The highest BCUT2D eigenvalue weighted by Gasteiger charge is 2.71. The Bertz CT molecular complexity index is 423. The van der Waals surface area contributed by atoms with E-state index in [1.807, 2.05) is 0 Å². The van der Waals surface area contributed by atoms with E-state index in [1.165, 1.54) is 12.8 Å². The first-order valence-corrected chi connectivity index (χ1v) is 6.55. The number of allylic oxidation sites excluding steroid dienone is 2. The first-order chi connectivity index (χ1) is 7.79. The zero-order chi connectivity index (χ0) is 10.6. The second-order valence-corrected chi connectivity index (χ2v) is 6.38. The third-order valence-corrected chi connectivity index (χ3v) is 6.31. The van der Waals surface area contributed by atoms with Crippen molar-refractivity contribution in [1.82, 2.24) is 0 Å². The van der Waals surface area contributed by atoms with Gasteiger partial charge in [0.25, 0.3) is 0 Å². The average Bonchev–Trinajstić information content (AvgIpc) is 2.91. The Morgan fingerprint density at radius 1 is 0.812 bits per heavy atom. The minimum absolute atomic E-state index is 0.00144. The lowest BCUT2D eigenvalue weighted by atomic mass is 9.79. The SMILES string of the molecule is O=C1C(=O)[C@H]2[C@H]3C=C[C@H]4C3C3[C@@H](CC[C@@H]32)[C@@H]14. The summed E-state index contributed by atoms with van der Waals surface area (Å²) in [4.78, 5) is 24.5. The molecular weight excluding hydrogens is 200 g/mol. The van der Waals surface area contributed by atoms with Gasteiger partial charge in [-0.25, -0.2) is 0 Å². The third kappa shape index (κ3) is 0.586. The van der Waals surface area contributed by atoms with E-state index in [0.717, 1.165) is 5.92 Å². The molecule has 0 amide bonds. The number of hydrogen-bond donors (Lipinski definition) is 0. The molecule has 16 heavy (non-hydrogen) atoms. The molecule has 5 saturated carbocycles. The van der Waals surface area contributed by atoms with Crippen molar-refractivity contribution >= 4 is 11.6 Å². The Hall–Kier alpha value is -0.920. The fraction of sp³-hybridized carbons (Fsp3) is 0.714. The van der Waals surface area contributed by atoms with Gasteiger partial charge in [-0.2, -0.15) is 0 Å². The molecule has 0 spiro atoms. The largest absolute Gasteiger partial charge is 0.291 e. The van der Waals surface area contributed by atoms with Crippen LogP contribution < -0.4 is 0 Å². The topological polar surface area (TPSA) is 34.1 Å². The zero-order valence-electron chi connectivity index (χ0n) is 9.00. The van der Waals surface area contributed by atoms with Crippen LogP contribution in [0.2, 0.25) is 0 Å². The Morgan fingerprint density at radius 3 is 1.81 bits per heavy atom. The Balaban J connectivity index is 1.86. The van der Waals surface area contributed by atoms with Crippen LogP contribution in [-0.4, -0.2) is 11.6 Å². The number of carbonyl (C=O) groups is 2. The molecule has 5 fully saturated rings. The molecule has 6 rings (SSSR count). The van der Waals surface area contributed by atoms with Crippen molar-refractivity contribution in [2.45, 2.75) is 12.8 Å². The molecule has 6 aliphatic rings. The van der Waals surface area contributed by atoms with Crippen molar-refractivity contribution in [1.29, 1.82) is 0 Å². The number of Topliss-reactive ketones (excluding diaryl/α,β-unsaturated/α-hetero) is 2. The van der Waals surface area contributed by atoms with Crippen molar-refractivity contribution < 1.29 is 9.59 Å². The summed E-state index contributed by atoms with van der Waals surface area (Å²) >= 11 is 0. The van der Waals surface area contributed by atoms with Gasteiger partial charge in [-0.15, -0.1) is 0 Å². The van der Waals surface area contributed by atoms with Crippen LogP contribution in [0.5, 0.6) is 0 Å². The van der Waals surface area contributed by atoms with E-state index in [1.54, 1.807) is 0 Å². The van der Waals surface area contributed by atoms with Gasteiger partial charge in [0.1, 0.15) is 0 Å². The van der Waals surface area contributed by atoms with Crippen molar-refractivity contribution in [3.63, 3.8) is 0 Å². The fourth-order valence-electron chi connectivity index (χ4n) is 6.14. The molecule has 6 aliphatic carbocycles. The minimum atomic E-state index is 0.00144. The Labute approximate surface area is 94.1 Å². The van der Waals surface area contributed by atoms with Crippen LogP contribution in [0.25, 0.3) is 0 Å². The molecule has 0 aliphatic heterocycles. The van der Waals surface area contributed by atoms with E-state index in [0.29, 0.717) is 29.6 Å². The first-order valence-electron chi connectivity index (χ1n) is 6.55. The number of fused-ring (bicyclic) bond motifs is 1. The second kappa shape index (κ2) is 2.20. The van der Waals surface area contributed by atoms with Crippen molar-refractivity contribution in [3.05, 3.63) is 12.2 Å². The van der Waals surface area contributed by atoms with Gasteiger partial charge in [-0.05, 0) is 48.3 Å². The maximum Gasteiger partial charge on any atom is 0.202 e. The summed E-state index contributed by atoms with van der Waals surface area (Å²) in [6, 6.07) is 0. The van der Waals surface area contributed by atoms with Gasteiger partial charge in [-0.3, -0.25) is 9.59 Å². The van der Waals surface area contributed by atoms with Crippen LogP contribution in [0, 0.1) is 47.3 Å². The van der Waals surface area contributed by atoms with Crippen LogP contribution >= 0.6 is 0 Å². The molecule has 2 nitrogen and oxygen atoms in total. The van der Waals surface area contributed by atoms with Gasteiger partial charge in [-0.1, -0.05) is 12.2 Å². The molecule has 0 heterocycles. The Morgan fingerprint density at radius 2 is 1.31 bits per heavy atom. The lowest BCUT2D eigenvalue weighted by Gasteiger charge is -2.22. The Kier molecular flexibility index (Phi) is 1.13. The molecule has 0 radical (unpaired) electrons. The van der Waals surface area contributed by atoms with E-state index in [9.17, 15) is 9.59 Å².